The van der Waals surface area contributed by atoms with E-state index in [2.05, 4.69) is 25.5 Å². The molecule has 22 heavy (non-hydrogen) atoms. The highest BCUT2D eigenvalue weighted by atomic mass is 32.1. The Morgan fingerprint density at radius 2 is 2.14 bits per heavy atom. The highest BCUT2D eigenvalue weighted by Crippen LogP contribution is 2.25. The second-order valence-corrected chi connectivity index (χ2v) is 5.62. The summed E-state index contributed by atoms with van der Waals surface area (Å²) in [5.41, 5.74) is 2.34. The van der Waals surface area contributed by atoms with Crippen molar-refractivity contribution in [2.24, 2.45) is 0 Å². The molecule has 3 aromatic heterocycles. The van der Waals surface area contributed by atoms with E-state index in [9.17, 15) is 4.79 Å². The number of thiophene rings is 1. The summed E-state index contributed by atoms with van der Waals surface area (Å²) in [4.78, 5) is 21.5. The van der Waals surface area contributed by atoms with Crippen molar-refractivity contribution in [3.63, 3.8) is 0 Å². The molecule has 0 bridgehead atoms. The third kappa shape index (κ3) is 3.04. The van der Waals surface area contributed by atoms with Crippen molar-refractivity contribution >= 4 is 17.2 Å². The molecule has 0 atom stereocenters. The van der Waals surface area contributed by atoms with Crippen molar-refractivity contribution in [2.75, 3.05) is 0 Å². The molecule has 2 N–H and O–H groups in total. The van der Waals surface area contributed by atoms with Crippen molar-refractivity contribution in [3.8, 4) is 10.6 Å². The fourth-order valence-electron chi connectivity index (χ4n) is 2.01. The third-order valence-corrected chi connectivity index (χ3v) is 4.10. The van der Waals surface area contributed by atoms with Crippen LogP contribution in [0.15, 0.2) is 36.1 Å². The molecule has 0 radical (unpaired) electrons. The van der Waals surface area contributed by atoms with Crippen LogP contribution in [0, 0.1) is 0 Å². The van der Waals surface area contributed by atoms with E-state index in [1.54, 1.807) is 29.9 Å². The zero-order valence-electron chi connectivity index (χ0n) is 12.0. The Morgan fingerprint density at radius 3 is 2.82 bits per heavy atom. The Kier molecular flexibility index (Phi) is 4.24. The fraction of sp³-hybridized carbons (Fsp3) is 0.200. The van der Waals surface area contributed by atoms with Gasteiger partial charge in [-0.05, 0) is 11.4 Å². The average molecular weight is 313 g/mol. The number of nitrogens with one attached hydrogen (secondary N) is 2. The molecule has 0 aliphatic carbocycles. The molecule has 0 spiro atoms. The van der Waals surface area contributed by atoms with Crippen molar-refractivity contribution in [1.29, 1.82) is 0 Å². The topological polar surface area (TPSA) is 83.6 Å². The molecular weight excluding hydrogens is 298 g/mol. The van der Waals surface area contributed by atoms with Gasteiger partial charge in [-0.3, -0.25) is 9.89 Å². The predicted octanol–water partition coefficient (Wildman–Crippen LogP) is 2.42. The monoisotopic (exact) mass is 313 g/mol. The standard InChI is InChI=1S/C15H15N5OS/c1-2-13-16-7-11(8-17-13)15(21)18-6-10-9-19-20-14(10)12-4-3-5-22-12/h3-5,7-9H,2,6H2,1H3,(H,18,21)(H,19,20). The second kappa shape index (κ2) is 6.48. The Hall–Kier alpha value is -2.54. The first kappa shape index (κ1) is 14.4. The van der Waals surface area contributed by atoms with E-state index in [1.165, 1.54) is 0 Å². The summed E-state index contributed by atoms with van der Waals surface area (Å²) >= 11 is 1.63. The number of H-pyrrole nitrogens is 1. The number of nitrogens with zero attached hydrogens (tertiary/aromatic N) is 3. The van der Waals surface area contributed by atoms with E-state index in [0.717, 1.165) is 28.4 Å². The molecule has 0 fully saturated rings. The molecule has 3 aromatic rings. The van der Waals surface area contributed by atoms with Gasteiger partial charge in [0.2, 0.25) is 0 Å². The van der Waals surface area contributed by atoms with Gasteiger partial charge < -0.3 is 5.32 Å². The number of aromatic amines is 1. The van der Waals surface area contributed by atoms with Gasteiger partial charge in [0.15, 0.2) is 0 Å². The lowest BCUT2D eigenvalue weighted by Gasteiger charge is -2.05. The van der Waals surface area contributed by atoms with Gasteiger partial charge >= 0.3 is 0 Å². The van der Waals surface area contributed by atoms with Crippen molar-refractivity contribution < 1.29 is 4.79 Å². The van der Waals surface area contributed by atoms with Gasteiger partial charge in [0.05, 0.1) is 22.3 Å². The largest absolute Gasteiger partial charge is 0.348 e. The molecule has 0 aliphatic heterocycles. The lowest BCUT2D eigenvalue weighted by atomic mass is 10.2. The zero-order chi connectivity index (χ0) is 15.4. The summed E-state index contributed by atoms with van der Waals surface area (Å²) in [6, 6.07) is 4.00. The van der Waals surface area contributed by atoms with Gasteiger partial charge in [-0.1, -0.05) is 13.0 Å². The van der Waals surface area contributed by atoms with Crippen LogP contribution in [0.25, 0.3) is 10.6 Å². The van der Waals surface area contributed by atoms with Crippen LogP contribution in [0.2, 0.25) is 0 Å². The van der Waals surface area contributed by atoms with Crippen LogP contribution in [-0.2, 0) is 13.0 Å². The smallest absolute Gasteiger partial charge is 0.254 e. The molecule has 1 amide bonds. The van der Waals surface area contributed by atoms with Crippen LogP contribution in [-0.4, -0.2) is 26.1 Å². The number of rotatable bonds is 5. The number of carbonyl (C=O) groups excluding carboxylic acids is 1. The molecule has 6 nitrogen and oxygen atoms in total. The average Bonchev–Trinajstić information content (AvgIpc) is 3.23. The van der Waals surface area contributed by atoms with E-state index in [-0.39, 0.29) is 5.91 Å². The second-order valence-electron chi connectivity index (χ2n) is 4.67. The van der Waals surface area contributed by atoms with Crippen LogP contribution < -0.4 is 5.32 Å². The third-order valence-electron chi connectivity index (χ3n) is 3.21. The summed E-state index contributed by atoms with van der Waals surface area (Å²) in [5.74, 6) is 0.535. The number of aromatic nitrogens is 4. The van der Waals surface area contributed by atoms with E-state index in [1.807, 2.05) is 24.4 Å². The minimum atomic E-state index is -0.194. The number of amides is 1. The molecule has 0 saturated carbocycles. The molecule has 3 rings (SSSR count). The minimum absolute atomic E-state index is 0.194. The van der Waals surface area contributed by atoms with Crippen molar-refractivity contribution in [3.05, 3.63) is 53.1 Å². The van der Waals surface area contributed by atoms with Gasteiger partial charge in [0.1, 0.15) is 5.82 Å². The maximum atomic E-state index is 12.1. The lowest BCUT2D eigenvalue weighted by molar-refractivity contribution is 0.0950. The van der Waals surface area contributed by atoms with Crippen LogP contribution in [0.1, 0.15) is 28.7 Å². The maximum absolute atomic E-state index is 12.1. The molecule has 7 heteroatoms. The number of carbonyl (C=O) groups is 1. The van der Waals surface area contributed by atoms with Gasteiger partial charge in [-0.25, -0.2) is 9.97 Å². The molecule has 112 valence electrons. The van der Waals surface area contributed by atoms with Crippen LogP contribution in [0.4, 0.5) is 0 Å². The molecule has 3 heterocycles. The molecule has 0 saturated heterocycles. The van der Waals surface area contributed by atoms with E-state index >= 15 is 0 Å². The Morgan fingerprint density at radius 1 is 1.32 bits per heavy atom. The van der Waals surface area contributed by atoms with Crippen LogP contribution in [0.3, 0.4) is 0 Å². The number of aryl methyl sites for hydroxylation is 1. The van der Waals surface area contributed by atoms with Gasteiger partial charge in [-0.15, -0.1) is 11.3 Å². The Balaban J connectivity index is 1.67. The minimum Gasteiger partial charge on any atom is -0.348 e. The molecule has 0 aliphatic rings. The first-order chi connectivity index (χ1) is 10.8. The Labute approximate surface area is 131 Å². The van der Waals surface area contributed by atoms with Gasteiger partial charge in [0.25, 0.3) is 5.91 Å². The van der Waals surface area contributed by atoms with E-state index in [4.69, 9.17) is 0 Å². The quantitative estimate of drug-likeness (QED) is 0.757. The normalized spacial score (nSPS) is 10.6. The number of hydrogen-bond donors (Lipinski definition) is 2. The zero-order valence-corrected chi connectivity index (χ0v) is 12.9. The molecular formula is C15H15N5OS. The van der Waals surface area contributed by atoms with Crippen molar-refractivity contribution in [2.45, 2.75) is 19.9 Å². The first-order valence-corrected chi connectivity index (χ1v) is 7.81. The maximum Gasteiger partial charge on any atom is 0.254 e. The highest BCUT2D eigenvalue weighted by Gasteiger charge is 2.11. The number of hydrogen-bond acceptors (Lipinski definition) is 5. The Bertz CT molecular complexity index is 749. The van der Waals surface area contributed by atoms with E-state index < -0.39 is 0 Å². The summed E-state index contributed by atoms with van der Waals surface area (Å²) in [6.07, 6.45) is 5.58. The fourth-order valence-corrected chi connectivity index (χ4v) is 2.77. The van der Waals surface area contributed by atoms with Gasteiger partial charge in [-0.2, -0.15) is 5.10 Å². The summed E-state index contributed by atoms with van der Waals surface area (Å²) < 4.78 is 0. The highest BCUT2D eigenvalue weighted by molar-refractivity contribution is 7.13. The molecule has 0 aromatic carbocycles. The van der Waals surface area contributed by atoms with Gasteiger partial charge in [0, 0.05) is 30.9 Å². The first-order valence-electron chi connectivity index (χ1n) is 6.93. The lowest BCUT2D eigenvalue weighted by Crippen LogP contribution is -2.23. The summed E-state index contributed by atoms with van der Waals surface area (Å²) in [5, 5.41) is 11.9. The van der Waals surface area contributed by atoms with Crippen LogP contribution in [0.5, 0.6) is 0 Å². The SMILES string of the molecule is CCc1ncc(C(=O)NCc2cn[nH]c2-c2cccs2)cn1. The summed E-state index contributed by atoms with van der Waals surface area (Å²) in [6.45, 7) is 2.37. The predicted molar refractivity (Wildman–Crippen MR) is 84.5 cm³/mol. The van der Waals surface area contributed by atoms with Crippen molar-refractivity contribution in [1.82, 2.24) is 25.5 Å². The summed E-state index contributed by atoms with van der Waals surface area (Å²) in [7, 11) is 0. The van der Waals surface area contributed by atoms with E-state index in [0.29, 0.717) is 12.1 Å². The molecule has 0 unspecified atom stereocenters. The van der Waals surface area contributed by atoms with Crippen LogP contribution >= 0.6 is 11.3 Å².